The van der Waals surface area contributed by atoms with Crippen LogP contribution in [0.15, 0.2) is 0 Å². The first-order chi connectivity index (χ1) is 12.9. The van der Waals surface area contributed by atoms with E-state index in [1.54, 1.807) is 0 Å². The maximum absolute atomic E-state index is 12.0. The van der Waals surface area contributed by atoms with E-state index in [0.717, 1.165) is 19.3 Å². The van der Waals surface area contributed by atoms with Crippen molar-refractivity contribution in [2.75, 3.05) is 0 Å². The van der Waals surface area contributed by atoms with Gasteiger partial charge in [-0.15, -0.1) is 0 Å². The Morgan fingerprint density at radius 2 is 1.19 bits per heavy atom. The number of aliphatic hydroxyl groups excluding tert-OH is 3. The summed E-state index contributed by atoms with van der Waals surface area (Å²) in [5.41, 5.74) is 5.45. The molecule has 0 amide bonds. The Morgan fingerprint density at radius 3 is 1.56 bits per heavy atom. The molecule has 0 aromatic heterocycles. The predicted molar refractivity (Wildman–Crippen MR) is 111 cm³/mol. The molecule has 0 aliphatic heterocycles. The number of Topliss-reactive ketones (excluding diaryl/α,β-unsaturated/α-hetero) is 1. The minimum absolute atomic E-state index is 0.0887. The Bertz CT molecular complexity index is 347. The lowest BCUT2D eigenvalue weighted by atomic mass is 9.89. The molecular formula is C22H45NO4. The quantitative estimate of drug-likeness (QED) is 0.198. The second-order valence-corrected chi connectivity index (χ2v) is 8.13. The van der Waals surface area contributed by atoms with E-state index < -0.39 is 24.4 Å². The maximum atomic E-state index is 12.0. The number of hydrogen-bond donors (Lipinski definition) is 4. The van der Waals surface area contributed by atoms with Crippen molar-refractivity contribution in [2.24, 2.45) is 11.7 Å². The molecule has 0 aliphatic carbocycles. The third kappa shape index (κ3) is 15.1. The normalized spacial score (nSPS) is 16.1. The second-order valence-electron chi connectivity index (χ2n) is 8.13. The Hall–Kier alpha value is -0.490. The largest absolute Gasteiger partial charge is 0.393 e. The van der Waals surface area contributed by atoms with Gasteiger partial charge >= 0.3 is 0 Å². The minimum Gasteiger partial charge on any atom is -0.393 e. The summed E-state index contributed by atoms with van der Waals surface area (Å²) in [6.07, 6.45) is 13.6. The zero-order valence-electron chi connectivity index (χ0n) is 17.7. The van der Waals surface area contributed by atoms with Crippen molar-refractivity contribution in [2.45, 2.75) is 129 Å². The zero-order chi connectivity index (χ0) is 20.5. The summed E-state index contributed by atoms with van der Waals surface area (Å²) < 4.78 is 0. The van der Waals surface area contributed by atoms with Crippen LogP contribution in [0.4, 0.5) is 0 Å². The van der Waals surface area contributed by atoms with Crippen LogP contribution in [0.1, 0.15) is 110 Å². The number of carbonyl (C=O) groups excluding carboxylic acids is 1. The standard InChI is InChI=1S/C22H45NO4/c1-3-4-5-6-7-8-9-10-11-12-13-14-15-16-19(25)21(22(23)27)20(26)17-18(2)24/h18-19,21-22,24-25,27H,3-17,23H2,1-2H3/t18-,19-,21-,22?/m1/s1. The topological polar surface area (TPSA) is 104 Å². The highest BCUT2D eigenvalue weighted by molar-refractivity contribution is 5.82. The highest BCUT2D eigenvalue weighted by Crippen LogP contribution is 2.19. The Labute approximate surface area is 166 Å². The summed E-state index contributed by atoms with van der Waals surface area (Å²) in [6.45, 7) is 3.76. The van der Waals surface area contributed by atoms with Gasteiger partial charge in [-0.1, -0.05) is 90.4 Å². The molecule has 0 rings (SSSR count). The minimum atomic E-state index is -1.38. The van der Waals surface area contributed by atoms with Crippen LogP contribution in [-0.4, -0.2) is 39.5 Å². The van der Waals surface area contributed by atoms with Gasteiger partial charge in [0.15, 0.2) is 0 Å². The van der Waals surface area contributed by atoms with Gasteiger partial charge in [0.25, 0.3) is 0 Å². The fourth-order valence-electron chi connectivity index (χ4n) is 3.61. The summed E-state index contributed by atoms with van der Waals surface area (Å²) >= 11 is 0. The number of nitrogens with two attached hydrogens (primary N) is 1. The first-order valence-electron chi connectivity index (χ1n) is 11.2. The molecule has 0 saturated carbocycles. The van der Waals surface area contributed by atoms with Crippen LogP contribution in [0.25, 0.3) is 0 Å². The van der Waals surface area contributed by atoms with Crippen molar-refractivity contribution in [3.8, 4) is 0 Å². The van der Waals surface area contributed by atoms with Crippen molar-refractivity contribution >= 4 is 5.78 Å². The first-order valence-corrected chi connectivity index (χ1v) is 11.2. The molecule has 0 aromatic carbocycles. The second kappa shape index (κ2) is 17.6. The van der Waals surface area contributed by atoms with E-state index in [1.165, 1.54) is 71.1 Å². The number of rotatable bonds is 19. The van der Waals surface area contributed by atoms with Crippen LogP contribution in [0, 0.1) is 5.92 Å². The average Bonchev–Trinajstić information content (AvgIpc) is 2.58. The molecule has 162 valence electrons. The highest BCUT2D eigenvalue weighted by Gasteiger charge is 2.31. The van der Waals surface area contributed by atoms with Gasteiger partial charge < -0.3 is 21.1 Å². The van der Waals surface area contributed by atoms with Gasteiger partial charge in [-0.3, -0.25) is 4.79 Å². The van der Waals surface area contributed by atoms with Crippen molar-refractivity contribution in [3.63, 3.8) is 0 Å². The highest BCUT2D eigenvalue weighted by atomic mass is 16.3. The number of unbranched alkanes of at least 4 members (excludes halogenated alkanes) is 12. The molecule has 5 N–H and O–H groups in total. The van der Waals surface area contributed by atoms with Gasteiger partial charge in [0.2, 0.25) is 0 Å². The molecule has 27 heavy (non-hydrogen) atoms. The van der Waals surface area contributed by atoms with E-state index in [2.05, 4.69) is 6.92 Å². The number of hydrogen-bond acceptors (Lipinski definition) is 5. The Kier molecular flexibility index (Phi) is 17.3. The fourth-order valence-corrected chi connectivity index (χ4v) is 3.61. The van der Waals surface area contributed by atoms with Gasteiger partial charge in [-0.25, -0.2) is 0 Å². The molecular weight excluding hydrogens is 342 g/mol. The van der Waals surface area contributed by atoms with Gasteiger partial charge in [-0.05, 0) is 13.3 Å². The Morgan fingerprint density at radius 1 is 0.778 bits per heavy atom. The number of ketones is 1. The third-order valence-corrected chi connectivity index (χ3v) is 5.25. The monoisotopic (exact) mass is 387 g/mol. The molecule has 0 fully saturated rings. The first kappa shape index (κ1) is 26.5. The zero-order valence-corrected chi connectivity index (χ0v) is 17.7. The van der Waals surface area contributed by atoms with Gasteiger partial charge in [0.1, 0.15) is 12.0 Å². The summed E-state index contributed by atoms with van der Waals surface area (Å²) in [7, 11) is 0. The summed E-state index contributed by atoms with van der Waals surface area (Å²) in [5, 5.41) is 29.1. The summed E-state index contributed by atoms with van der Waals surface area (Å²) in [5.74, 6) is -1.38. The van der Waals surface area contributed by atoms with Crippen LogP contribution in [0.5, 0.6) is 0 Å². The van der Waals surface area contributed by atoms with Crippen LogP contribution in [0.2, 0.25) is 0 Å². The van der Waals surface area contributed by atoms with Crippen molar-refractivity contribution in [1.29, 1.82) is 0 Å². The maximum Gasteiger partial charge on any atom is 0.145 e. The van der Waals surface area contributed by atoms with E-state index in [1.807, 2.05) is 0 Å². The molecule has 0 aromatic rings. The molecule has 4 atom stereocenters. The average molecular weight is 388 g/mol. The van der Waals surface area contributed by atoms with Crippen molar-refractivity contribution < 1.29 is 20.1 Å². The SMILES string of the molecule is CCCCCCCCCCCCCCC[C@@H](O)[C@H](C(=O)C[C@@H](C)O)C(N)O. The lowest BCUT2D eigenvalue weighted by Gasteiger charge is -2.24. The van der Waals surface area contributed by atoms with Gasteiger partial charge in [-0.2, -0.15) is 0 Å². The molecule has 0 bridgehead atoms. The molecule has 0 saturated heterocycles. The molecule has 5 nitrogen and oxygen atoms in total. The van der Waals surface area contributed by atoms with E-state index >= 15 is 0 Å². The number of aliphatic hydroxyl groups is 3. The summed E-state index contributed by atoms with van der Waals surface area (Å²) in [6, 6.07) is 0. The molecule has 0 spiro atoms. The van der Waals surface area contributed by atoms with Crippen LogP contribution in [-0.2, 0) is 4.79 Å². The van der Waals surface area contributed by atoms with Crippen LogP contribution >= 0.6 is 0 Å². The van der Waals surface area contributed by atoms with Crippen LogP contribution in [0.3, 0.4) is 0 Å². The summed E-state index contributed by atoms with van der Waals surface area (Å²) in [4.78, 5) is 12.0. The van der Waals surface area contributed by atoms with Crippen LogP contribution < -0.4 is 5.73 Å². The number of carbonyl (C=O) groups is 1. The molecule has 1 unspecified atom stereocenters. The van der Waals surface area contributed by atoms with Crippen molar-refractivity contribution in [3.05, 3.63) is 0 Å². The van der Waals surface area contributed by atoms with Crippen molar-refractivity contribution in [1.82, 2.24) is 0 Å². The lowest BCUT2D eigenvalue weighted by Crippen LogP contribution is -2.43. The smallest absolute Gasteiger partial charge is 0.145 e. The molecule has 0 radical (unpaired) electrons. The Balaban J connectivity index is 3.66. The predicted octanol–water partition coefficient (Wildman–Crippen LogP) is 4.06. The van der Waals surface area contributed by atoms with E-state index in [0.29, 0.717) is 6.42 Å². The van der Waals surface area contributed by atoms with Gasteiger partial charge in [0, 0.05) is 6.42 Å². The molecule has 0 aliphatic rings. The third-order valence-electron chi connectivity index (χ3n) is 5.25. The van der Waals surface area contributed by atoms with E-state index in [4.69, 9.17) is 5.73 Å². The van der Waals surface area contributed by atoms with E-state index in [9.17, 15) is 20.1 Å². The molecule has 5 heteroatoms. The van der Waals surface area contributed by atoms with Gasteiger partial charge in [0.05, 0.1) is 18.1 Å². The molecule has 0 heterocycles. The fraction of sp³-hybridized carbons (Fsp3) is 0.955. The lowest BCUT2D eigenvalue weighted by molar-refractivity contribution is -0.133. The van der Waals surface area contributed by atoms with E-state index in [-0.39, 0.29) is 12.2 Å².